The van der Waals surface area contributed by atoms with Gasteiger partial charge in [-0.1, -0.05) is 15.9 Å². The minimum atomic E-state index is -0.388. The molecule has 0 spiro atoms. The van der Waals surface area contributed by atoms with Crippen LogP contribution in [0, 0.1) is 10.1 Å². The number of hydrogen-bond donors (Lipinski definition) is 1. The third kappa shape index (κ3) is 4.43. The molecule has 1 unspecified atom stereocenters. The zero-order valence-corrected chi connectivity index (χ0v) is 12.6. The fourth-order valence-electron chi connectivity index (χ4n) is 2.00. The Morgan fingerprint density at radius 2 is 2.40 bits per heavy atom. The number of anilines is 1. The van der Waals surface area contributed by atoms with E-state index < -0.39 is 0 Å². The first-order valence-electron chi connectivity index (χ1n) is 6.54. The second kappa shape index (κ2) is 7.56. The fraction of sp³-hybridized carbons (Fsp3) is 0.538. The molecule has 1 aliphatic rings. The van der Waals surface area contributed by atoms with Crippen molar-refractivity contribution in [2.75, 3.05) is 31.7 Å². The van der Waals surface area contributed by atoms with Crippen LogP contribution in [0.4, 0.5) is 11.4 Å². The van der Waals surface area contributed by atoms with Crippen molar-refractivity contribution in [1.29, 1.82) is 0 Å². The van der Waals surface area contributed by atoms with Gasteiger partial charge in [-0.15, -0.1) is 0 Å². The van der Waals surface area contributed by atoms with Crippen molar-refractivity contribution in [3.05, 3.63) is 32.8 Å². The van der Waals surface area contributed by atoms with Crippen molar-refractivity contribution in [2.45, 2.75) is 18.9 Å². The standard InChI is InChI=1S/C13H17BrN2O4/c14-10-2-3-13(16(17)18)12(8-10)15-5-1-6-20-11-4-7-19-9-11/h2-3,8,11,15H,1,4-7,9H2. The van der Waals surface area contributed by atoms with Crippen LogP contribution in [-0.4, -0.2) is 37.4 Å². The summed E-state index contributed by atoms with van der Waals surface area (Å²) in [6.07, 6.45) is 1.94. The molecule has 1 fully saturated rings. The topological polar surface area (TPSA) is 73.6 Å². The van der Waals surface area contributed by atoms with Gasteiger partial charge in [-0.05, 0) is 25.0 Å². The molecule has 1 saturated heterocycles. The Balaban J connectivity index is 1.75. The van der Waals surface area contributed by atoms with E-state index in [0.717, 1.165) is 23.9 Å². The molecule has 0 aliphatic carbocycles. The zero-order chi connectivity index (χ0) is 14.4. The van der Waals surface area contributed by atoms with Crippen LogP contribution in [-0.2, 0) is 9.47 Å². The molecular weight excluding hydrogens is 328 g/mol. The highest BCUT2D eigenvalue weighted by Crippen LogP contribution is 2.27. The lowest BCUT2D eigenvalue weighted by Gasteiger charge is -2.11. The van der Waals surface area contributed by atoms with E-state index in [0.29, 0.717) is 25.4 Å². The monoisotopic (exact) mass is 344 g/mol. The minimum absolute atomic E-state index is 0.0818. The summed E-state index contributed by atoms with van der Waals surface area (Å²) in [5.74, 6) is 0. The highest BCUT2D eigenvalue weighted by Gasteiger charge is 2.16. The lowest BCUT2D eigenvalue weighted by Crippen LogP contribution is -2.15. The molecule has 0 aromatic heterocycles. The van der Waals surface area contributed by atoms with Gasteiger partial charge < -0.3 is 14.8 Å². The van der Waals surface area contributed by atoms with E-state index >= 15 is 0 Å². The number of ether oxygens (including phenoxy) is 2. The molecule has 110 valence electrons. The first kappa shape index (κ1) is 15.2. The average Bonchev–Trinajstić information content (AvgIpc) is 2.91. The average molecular weight is 345 g/mol. The predicted molar refractivity (Wildman–Crippen MR) is 79.1 cm³/mol. The molecule has 7 heteroatoms. The number of nitro groups is 1. The summed E-state index contributed by atoms with van der Waals surface area (Å²) in [4.78, 5) is 10.5. The van der Waals surface area contributed by atoms with Crippen LogP contribution in [0.25, 0.3) is 0 Å². The fourth-order valence-corrected chi connectivity index (χ4v) is 2.36. The van der Waals surface area contributed by atoms with Crippen LogP contribution in [0.3, 0.4) is 0 Å². The van der Waals surface area contributed by atoms with Gasteiger partial charge in [0, 0.05) is 30.3 Å². The van der Waals surface area contributed by atoms with Crippen LogP contribution >= 0.6 is 15.9 Å². The maximum absolute atomic E-state index is 10.9. The molecule has 20 heavy (non-hydrogen) atoms. The van der Waals surface area contributed by atoms with Crippen molar-refractivity contribution < 1.29 is 14.4 Å². The summed E-state index contributed by atoms with van der Waals surface area (Å²) in [7, 11) is 0. The number of benzene rings is 1. The number of rotatable bonds is 7. The van der Waals surface area contributed by atoms with Gasteiger partial charge in [0.15, 0.2) is 0 Å². The summed E-state index contributed by atoms with van der Waals surface area (Å²) >= 11 is 3.31. The van der Waals surface area contributed by atoms with Gasteiger partial charge in [-0.25, -0.2) is 0 Å². The van der Waals surface area contributed by atoms with E-state index in [9.17, 15) is 10.1 Å². The van der Waals surface area contributed by atoms with Crippen LogP contribution in [0.5, 0.6) is 0 Å². The van der Waals surface area contributed by atoms with E-state index in [1.807, 2.05) is 0 Å². The van der Waals surface area contributed by atoms with Gasteiger partial charge in [-0.3, -0.25) is 10.1 Å². The van der Waals surface area contributed by atoms with Crippen LogP contribution in [0.1, 0.15) is 12.8 Å². The van der Waals surface area contributed by atoms with E-state index in [-0.39, 0.29) is 16.7 Å². The number of hydrogen-bond acceptors (Lipinski definition) is 5. The molecule has 0 saturated carbocycles. The van der Waals surface area contributed by atoms with Gasteiger partial charge in [0.2, 0.25) is 0 Å². The molecule has 1 aliphatic heterocycles. The van der Waals surface area contributed by atoms with Gasteiger partial charge >= 0.3 is 0 Å². The molecule has 1 atom stereocenters. The van der Waals surface area contributed by atoms with Gasteiger partial charge in [-0.2, -0.15) is 0 Å². The Kier molecular flexibility index (Phi) is 5.75. The molecule has 0 radical (unpaired) electrons. The van der Waals surface area contributed by atoms with Crippen LogP contribution < -0.4 is 5.32 Å². The van der Waals surface area contributed by atoms with Crippen LogP contribution in [0.15, 0.2) is 22.7 Å². The first-order chi connectivity index (χ1) is 9.66. The van der Waals surface area contributed by atoms with E-state index in [2.05, 4.69) is 21.2 Å². The Hall–Kier alpha value is -1.18. The third-order valence-corrected chi connectivity index (χ3v) is 3.53. The third-order valence-electron chi connectivity index (χ3n) is 3.03. The van der Waals surface area contributed by atoms with E-state index in [1.54, 1.807) is 12.1 Å². The highest BCUT2D eigenvalue weighted by molar-refractivity contribution is 9.10. The summed E-state index contributed by atoms with van der Waals surface area (Å²) in [6.45, 7) is 2.70. The summed E-state index contributed by atoms with van der Waals surface area (Å²) in [6, 6.07) is 4.86. The van der Waals surface area contributed by atoms with Crippen molar-refractivity contribution >= 4 is 27.3 Å². The van der Waals surface area contributed by atoms with Crippen molar-refractivity contribution in [2.24, 2.45) is 0 Å². The van der Waals surface area contributed by atoms with Gasteiger partial charge in [0.1, 0.15) is 5.69 Å². The molecule has 1 heterocycles. The highest BCUT2D eigenvalue weighted by atomic mass is 79.9. The van der Waals surface area contributed by atoms with Crippen molar-refractivity contribution in [1.82, 2.24) is 0 Å². The Bertz CT molecular complexity index is 464. The molecule has 2 rings (SSSR count). The van der Waals surface area contributed by atoms with Gasteiger partial charge in [0.05, 0.1) is 17.6 Å². The maximum Gasteiger partial charge on any atom is 0.292 e. The van der Waals surface area contributed by atoms with Crippen molar-refractivity contribution in [3.8, 4) is 0 Å². The smallest absolute Gasteiger partial charge is 0.292 e. The lowest BCUT2D eigenvalue weighted by atomic mass is 10.2. The number of nitro benzene ring substituents is 1. The quantitative estimate of drug-likeness (QED) is 0.467. The molecule has 0 amide bonds. The summed E-state index contributed by atoms with van der Waals surface area (Å²) < 4.78 is 11.7. The van der Waals surface area contributed by atoms with E-state index in [4.69, 9.17) is 9.47 Å². The van der Waals surface area contributed by atoms with Crippen LogP contribution in [0.2, 0.25) is 0 Å². The summed E-state index contributed by atoms with van der Waals surface area (Å²) in [5, 5.41) is 14.0. The zero-order valence-electron chi connectivity index (χ0n) is 11.0. The van der Waals surface area contributed by atoms with E-state index in [1.165, 1.54) is 6.07 Å². The molecule has 6 nitrogen and oxygen atoms in total. The van der Waals surface area contributed by atoms with Crippen molar-refractivity contribution in [3.63, 3.8) is 0 Å². The first-order valence-corrected chi connectivity index (χ1v) is 7.33. The normalized spacial score (nSPS) is 18.1. The molecular formula is C13H17BrN2O4. The Morgan fingerprint density at radius 1 is 1.55 bits per heavy atom. The minimum Gasteiger partial charge on any atom is -0.379 e. The number of halogens is 1. The molecule has 1 aromatic carbocycles. The molecule has 1 N–H and O–H groups in total. The van der Waals surface area contributed by atoms with Gasteiger partial charge in [0.25, 0.3) is 5.69 Å². The largest absolute Gasteiger partial charge is 0.379 e. The predicted octanol–water partition coefficient (Wildman–Crippen LogP) is 2.96. The maximum atomic E-state index is 10.9. The second-order valence-corrected chi connectivity index (χ2v) is 5.47. The lowest BCUT2D eigenvalue weighted by molar-refractivity contribution is -0.384. The molecule has 0 bridgehead atoms. The number of nitrogens with one attached hydrogen (secondary N) is 1. The summed E-state index contributed by atoms with van der Waals surface area (Å²) in [5.41, 5.74) is 0.604. The molecule has 1 aromatic rings. The second-order valence-electron chi connectivity index (χ2n) is 4.56. The Labute approximate surface area is 125 Å². The SMILES string of the molecule is O=[N+]([O-])c1ccc(Br)cc1NCCCOC1CCOC1. The number of nitrogens with zero attached hydrogens (tertiary/aromatic N) is 1. The Morgan fingerprint density at radius 3 is 3.10 bits per heavy atom.